The quantitative estimate of drug-likeness (QED) is 0.497. The number of pyridine rings is 1. The van der Waals surface area contributed by atoms with Crippen molar-refractivity contribution in [2.45, 2.75) is 26.1 Å². The van der Waals surface area contributed by atoms with E-state index in [1.165, 1.54) is 6.07 Å². The van der Waals surface area contributed by atoms with Crippen LogP contribution in [-0.4, -0.2) is 28.1 Å². The van der Waals surface area contributed by atoms with Crippen molar-refractivity contribution >= 4 is 34.0 Å². The van der Waals surface area contributed by atoms with E-state index in [0.717, 1.165) is 6.07 Å². The molecule has 4 rings (SSSR count). The van der Waals surface area contributed by atoms with Crippen molar-refractivity contribution in [3.05, 3.63) is 46.2 Å². The number of aryl methyl sites for hydroxylation is 1. The average Bonchev–Trinajstić information content (AvgIpc) is 2.66. The number of nitrogens with one attached hydrogen (secondary N) is 2. The lowest BCUT2D eigenvalue weighted by Gasteiger charge is -2.22. The van der Waals surface area contributed by atoms with Gasteiger partial charge in [-0.1, -0.05) is 23.7 Å². The summed E-state index contributed by atoms with van der Waals surface area (Å²) in [6.07, 6.45) is -4.49. The van der Waals surface area contributed by atoms with Gasteiger partial charge < -0.3 is 15.4 Å². The summed E-state index contributed by atoms with van der Waals surface area (Å²) in [5.74, 6) is 0.412. The van der Waals surface area contributed by atoms with Gasteiger partial charge in [-0.3, -0.25) is 0 Å². The number of alkyl halides is 3. The van der Waals surface area contributed by atoms with Crippen LogP contribution in [0.5, 0.6) is 6.01 Å². The zero-order valence-corrected chi connectivity index (χ0v) is 16.3. The normalized spacial score (nSPS) is 16.8. The Balaban J connectivity index is 1.88. The van der Waals surface area contributed by atoms with Crippen molar-refractivity contribution < 1.29 is 17.9 Å². The van der Waals surface area contributed by atoms with E-state index < -0.39 is 17.8 Å². The first-order valence-electron chi connectivity index (χ1n) is 8.92. The summed E-state index contributed by atoms with van der Waals surface area (Å²) >= 11 is 6.10. The van der Waals surface area contributed by atoms with Gasteiger partial charge in [-0.15, -0.1) is 0 Å². The summed E-state index contributed by atoms with van der Waals surface area (Å²) in [5, 5.41) is 6.94. The lowest BCUT2D eigenvalue weighted by atomic mass is 10.0. The van der Waals surface area contributed by atoms with Gasteiger partial charge in [0.2, 0.25) is 0 Å². The zero-order chi connectivity index (χ0) is 20.8. The van der Waals surface area contributed by atoms with Gasteiger partial charge in [0, 0.05) is 11.9 Å². The fraction of sp³-hybridized carbons (Fsp3) is 0.316. The summed E-state index contributed by atoms with van der Waals surface area (Å²) in [4.78, 5) is 13.0. The third-order valence-corrected chi connectivity index (χ3v) is 4.86. The van der Waals surface area contributed by atoms with E-state index >= 15 is 0 Å². The number of hydrogen-bond acceptors (Lipinski definition) is 6. The Labute approximate surface area is 169 Å². The molecule has 29 heavy (non-hydrogen) atoms. The number of hydrogen-bond donors (Lipinski definition) is 2. The molecule has 1 atom stereocenters. The second-order valence-electron chi connectivity index (χ2n) is 6.69. The molecule has 2 bridgehead atoms. The Hall–Kier alpha value is -2.81. The van der Waals surface area contributed by atoms with Gasteiger partial charge in [0.15, 0.2) is 0 Å². The summed E-state index contributed by atoms with van der Waals surface area (Å²) < 4.78 is 46.2. The molecule has 152 valence electrons. The first-order chi connectivity index (χ1) is 13.7. The number of ether oxygens (including phenoxy) is 1. The van der Waals surface area contributed by atoms with Crippen LogP contribution in [0.25, 0.3) is 10.9 Å². The molecule has 6 nitrogen and oxygen atoms in total. The van der Waals surface area contributed by atoms with Crippen LogP contribution in [0.1, 0.15) is 29.8 Å². The first kappa shape index (κ1) is 19.5. The largest absolute Gasteiger partial charge is 0.462 e. The van der Waals surface area contributed by atoms with Crippen LogP contribution in [0.15, 0.2) is 24.3 Å². The third-order valence-electron chi connectivity index (χ3n) is 4.66. The Morgan fingerprint density at radius 1 is 1.21 bits per heavy atom. The van der Waals surface area contributed by atoms with Crippen molar-refractivity contribution in [1.82, 2.24) is 15.0 Å². The second kappa shape index (κ2) is 7.22. The maximum Gasteiger partial charge on any atom is 0.418 e. The molecule has 0 amide bonds. The highest BCUT2D eigenvalue weighted by molar-refractivity contribution is 6.30. The van der Waals surface area contributed by atoms with Crippen molar-refractivity contribution in [3.8, 4) is 6.01 Å². The van der Waals surface area contributed by atoms with Gasteiger partial charge in [0.1, 0.15) is 23.1 Å². The topological polar surface area (TPSA) is 72.0 Å². The monoisotopic (exact) mass is 423 g/mol. The smallest absolute Gasteiger partial charge is 0.418 e. The molecule has 0 saturated carbocycles. The minimum Gasteiger partial charge on any atom is -0.462 e. The number of rotatable bonds is 0. The van der Waals surface area contributed by atoms with Gasteiger partial charge >= 0.3 is 12.2 Å². The molecule has 1 aromatic carbocycles. The highest BCUT2D eigenvalue weighted by Gasteiger charge is 2.35. The van der Waals surface area contributed by atoms with E-state index in [4.69, 9.17) is 16.3 Å². The van der Waals surface area contributed by atoms with Gasteiger partial charge in [0.05, 0.1) is 23.0 Å². The Morgan fingerprint density at radius 3 is 2.76 bits per heavy atom. The molecule has 0 fully saturated rings. The number of aromatic nitrogens is 3. The highest BCUT2D eigenvalue weighted by Crippen LogP contribution is 2.40. The Kier molecular flexibility index (Phi) is 4.85. The highest BCUT2D eigenvalue weighted by atomic mass is 35.5. The minimum atomic E-state index is -4.49. The number of fused-ring (bicyclic) bond motifs is 5. The minimum absolute atomic E-state index is 0.0201. The average molecular weight is 424 g/mol. The Morgan fingerprint density at radius 2 is 2.00 bits per heavy atom. The molecule has 1 unspecified atom stereocenters. The lowest BCUT2D eigenvalue weighted by Crippen LogP contribution is -2.18. The van der Waals surface area contributed by atoms with E-state index in [9.17, 15) is 13.2 Å². The molecule has 0 radical (unpaired) electrons. The molecule has 2 aromatic heterocycles. The molecule has 0 aliphatic carbocycles. The summed E-state index contributed by atoms with van der Waals surface area (Å²) in [6, 6.07) is 5.35. The molecule has 0 saturated heterocycles. The van der Waals surface area contributed by atoms with Crippen LogP contribution in [0, 0.1) is 6.92 Å². The maximum atomic E-state index is 13.5. The molecule has 1 aliphatic rings. The molecule has 3 heterocycles. The van der Waals surface area contributed by atoms with Crippen LogP contribution in [0.3, 0.4) is 0 Å². The summed E-state index contributed by atoms with van der Waals surface area (Å²) in [6.45, 7) is 3.78. The van der Waals surface area contributed by atoms with Crippen LogP contribution in [0.2, 0.25) is 5.15 Å². The molecule has 10 heteroatoms. The van der Waals surface area contributed by atoms with Crippen molar-refractivity contribution in [3.63, 3.8) is 0 Å². The van der Waals surface area contributed by atoms with Crippen molar-refractivity contribution in [2.75, 3.05) is 23.8 Å². The predicted molar refractivity (Wildman–Crippen MR) is 105 cm³/mol. The van der Waals surface area contributed by atoms with E-state index in [1.807, 2.05) is 0 Å². The van der Waals surface area contributed by atoms with Gasteiger partial charge in [-0.25, -0.2) is 4.98 Å². The molecule has 2 N–H and O–H groups in total. The Bertz CT molecular complexity index is 1090. The van der Waals surface area contributed by atoms with Crippen LogP contribution < -0.4 is 15.4 Å². The molecule has 0 spiro atoms. The van der Waals surface area contributed by atoms with E-state index in [1.54, 1.807) is 26.0 Å². The number of nitrogens with zero attached hydrogens (tertiary/aromatic N) is 3. The molecule has 3 aromatic rings. The van der Waals surface area contributed by atoms with Crippen LogP contribution in [0.4, 0.5) is 24.7 Å². The SMILES string of the molecule is Cc1nc(Cl)cc2c3nc(nc12)OCCNc1c(cccc1C(F)(F)F)C(C)N3. The zero-order valence-electron chi connectivity index (χ0n) is 15.6. The van der Waals surface area contributed by atoms with Gasteiger partial charge in [-0.2, -0.15) is 23.1 Å². The van der Waals surface area contributed by atoms with Gasteiger partial charge in [0.25, 0.3) is 0 Å². The lowest BCUT2D eigenvalue weighted by molar-refractivity contribution is -0.137. The molecule has 1 aliphatic heterocycles. The van der Waals surface area contributed by atoms with Crippen LogP contribution >= 0.6 is 11.6 Å². The van der Waals surface area contributed by atoms with Crippen LogP contribution in [-0.2, 0) is 6.18 Å². The van der Waals surface area contributed by atoms with Gasteiger partial charge in [-0.05, 0) is 31.5 Å². The van der Waals surface area contributed by atoms with E-state index in [2.05, 4.69) is 25.6 Å². The number of para-hydroxylation sites is 1. The standard InChI is InChI=1S/C19H17ClF3N5O/c1-9-11-4-3-5-13(19(21,22)23)16(11)24-6-7-29-18-27-15-10(2)25-14(20)8-12(15)17(26-9)28-18/h3-5,8-9,24H,6-7H2,1-2H3,(H,26,27,28). The molecular weight excluding hydrogens is 407 g/mol. The summed E-state index contributed by atoms with van der Waals surface area (Å²) in [7, 11) is 0. The fourth-order valence-corrected chi connectivity index (χ4v) is 3.60. The number of benzene rings is 1. The number of anilines is 2. The second-order valence-corrected chi connectivity index (χ2v) is 7.08. The predicted octanol–water partition coefficient (Wildman–Crippen LogP) is 4.98. The molecular formula is C19H17ClF3N5O. The van der Waals surface area contributed by atoms with Crippen molar-refractivity contribution in [1.29, 1.82) is 0 Å². The first-order valence-corrected chi connectivity index (χ1v) is 9.30. The third kappa shape index (κ3) is 3.74. The van der Waals surface area contributed by atoms with E-state index in [-0.39, 0.29) is 30.0 Å². The number of halogens is 4. The van der Waals surface area contributed by atoms with Crippen molar-refractivity contribution in [2.24, 2.45) is 0 Å². The summed E-state index contributed by atoms with van der Waals surface area (Å²) in [5.41, 5.74) is 0.918. The van der Waals surface area contributed by atoms with E-state index in [0.29, 0.717) is 28.0 Å². The fourth-order valence-electron chi connectivity index (χ4n) is 3.37. The maximum absolute atomic E-state index is 13.5.